The largest absolute Gasteiger partial charge is 0.497 e. The number of amides is 2. The van der Waals surface area contributed by atoms with Gasteiger partial charge in [-0.25, -0.2) is 0 Å². The highest BCUT2D eigenvalue weighted by molar-refractivity contribution is 8.15. The molecule has 7 nitrogen and oxygen atoms in total. The fourth-order valence-corrected chi connectivity index (χ4v) is 5.48. The molecule has 0 N–H and O–H groups in total. The molecule has 0 saturated heterocycles. The third-order valence-corrected chi connectivity index (χ3v) is 7.40. The van der Waals surface area contributed by atoms with Crippen LogP contribution in [0.25, 0.3) is 0 Å². The zero-order valence-corrected chi connectivity index (χ0v) is 22.7. The zero-order valence-electron chi connectivity index (χ0n) is 21.9. The number of aliphatic imine (C=N–C) groups is 1. The number of nitrogens with zero attached hydrogens (tertiary/aromatic N) is 4. The van der Waals surface area contributed by atoms with Gasteiger partial charge in [-0.05, 0) is 80.8 Å². The van der Waals surface area contributed by atoms with Gasteiger partial charge in [-0.2, -0.15) is 10.1 Å². The van der Waals surface area contributed by atoms with E-state index in [0.717, 1.165) is 70.3 Å². The summed E-state index contributed by atoms with van der Waals surface area (Å²) in [6.07, 6.45) is 1.93. The van der Waals surface area contributed by atoms with E-state index < -0.39 is 4.75 Å². The maximum absolute atomic E-state index is 12.7. The Morgan fingerprint density at radius 3 is 2.69 bits per heavy atom. The molecule has 4 rings (SSSR count). The van der Waals surface area contributed by atoms with Crippen LogP contribution in [-0.4, -0.2) is 52.6 Å². The molecule has 0 fully saturated rings. The Morgan fingerprint density at radius 2 is 2.00 bits per heavy atom. The minimum atomic E-state index is -0.553. The van der Waals surface area contributed by atoms with Crippen LogP contribution in [0.1, 0.15) is 57.7 Å². The highest BCUT2D eigenvalue weighted by Crippen LogP contribution is 2.38. The second-order valence-corrected chi connectivity index (χ2v) is 11.3. The van der Waals surface area contributed by atoms with Crippen molar-refractivity contribution in [1.82, 2.24) is 5.01 Å². The topological polar surface area (TPSA) is 74.6 Å². The molecule has 2 aromatic carbocycles. The molecular weight excluding hydrogens is 472 g/mol. The first-order valence-electron chi connectivity index (χ1n) is 12.4. The number of ether oxygens (including phenoxy) is 1. The lowest BCUT2D eigenvalue weighted by molar-refractivity contribution is -0.131. The Morgan fingerprint density at radius 1 is 1.22 bits per heavy atom. The maximum atomic E-state index is 12.7. The Hall–Kier alpha value is -3.13. The number of thioether (sulfide) groups is 1. The summed E-state index contributed by atoms with van der Waals surface area (Å²) >= 11 is 1.14. The third kappa shape index (κ3) is 5.05. The summed E-state index contributed by atoms with van der Waals surface area (Å²) in [5.41, 5.74) is 5.00. The number of hydrogen-bond acceptors (Lipinski definition) is 6. The van der Waals surface area contributed by atoms with E-state index in [2.05, 4.69) is 28.2 Å². The van der Waals surface area contributed by atoms with Crippen molar-refractivity contribution in [3.8, 4) is 5.75 Å². The van der Waals surface area contributed by atoms with Gasteiger partial charge in [0.05, 0.1) is 17.6 Å². The molecule has 2 heterocycles. The average Bonchev–Trinajstić information content (AvgIpc) is 2.86. The number of anilines is 1. The first-order chi connectivity index (χ1) is 17.2. The monoisotopic (exact) mass is 506 g/mol. The molecule has 2 aliphatic heterocycles. The number of carbonyl (C=O) groups excluding carboxylic acids is 2. The van der Waals surface area contributed by atoms with Gasteiger partial charge in [-0.15, -0.1) is 0 Å². The van der Waals surface area contributed by atoms with Gasteiger partial charge in [-0.3, -0.25) is 14.6 Å². The number of hydrogen-bond donors (Lipinski definition) is 0. The van der Waals surface area contributed by atoms with Crippen molar-refractivity contribution < 1.29 is 14.3 Å². The summed E-state index contributed by atoms with van der Waals surface area (Å²) in [5.74, 6) is 1.12. The van der Waals surface area contributed by atoms with Gasteiger partial charge in [-0.1, -0.05) is 32.0 Å². The molecule has 0 spiro atoms. The first-order valence-corrected chi connectivity index (χ1v) is 13.2. The Kier molecular flexibility index (Phi) is 7.54. The van der Waals surface area contributed by atoms with Crippen molar-refractivity contribution in [1.29, 1.82) is 0 Å². The summed E-state index contributed by atoms with van der Waals surface area (Å²) in [5, 5.41) is 5.29. The Balaban J connectivity index is 1.75. The van der Waals surface area contributed by atoms with E-state index in [9.17, 15) is 9.59 Å². The van der Waals surface area contributed by atoms with Gasteiger partial charge in [0, 0.05) is 30.3 Å². The predicted octanol–water partition coefficient (Wildman–Crippen LogP) is 5.75. The first kappa shape index (κ1) is 25.9. The molecule has 0 aromatic heterocycles. The fourth-order valence-electron chi connectivity index (χ4n) is 4.57. The lowest BCUT2D eigenvalue weighted by Crippen LogP contribution is -2.44. The standard InChI is InChI=1S/C28H34N4O3S/c1-7-29-25(21-10-8-12-22(17-21)35-6)31-15-9-11-19-16-20(13-14-23(19)31)24-28(4,5)36-27(34)32(30-24)26(33)18(2)3/h8,10,12-14,16-18H,7,9,11,15H2,1-6H3/b29-25-. The highest BCUT2D eigenvalue weighted by Gasteiger charge is 2.40. The molecule has 0 bridgehead atoms. The number of rotatable bonds is 5. The van der Waals surface area contributed by atoms with E-state index in [4.69, 9.17) is 9.73 Å². The fraction of sp³-hybridized carbons (Fsp3) is 0.429. The number of amidine groups is 1. The summed E-state index contributed by atoms with van der Waals surface area (Å²) in [6, 6.07) is 14.3. The second kappa shape index (κ2) is 10.5. The number of benzene rings is 2. The van der Waals surface area contributed by atoms with Gasteiger partial charge in [0.2, 0.25) is 0 Å². The number of imide groups is 1. The minimum absolute atomic E-state index is 0.289. The smallest absolute Gasteiger partial charge is 0.310 e. The summed E-state index contributed by atoms with van der Waals surface area (Å²) in [7, 11) is 1.67. The normalized spacial score (nSPS) is 17.7. The SMILES string of the molecule is CC/N=C(/c1cccc(OC)c1)N1CCCc2cc(C3=NN(C(=O)C(C)C)C(=O)SC3(C)C)ccc21. The van der Waals surface area contributed by atoms with Crippen molar-refractivity contribution in [3.05, 3.63) is 59.2 Å². The van der Waals surface area contributed by atoms with Crippen LogP contribution >= 0.6 is 11.8 Å². The molecule has 2 aliphatic rings. The summed E-state index contributed by atoms with van der Waals surface area (Å²) in [6.45, 7) is 11.1. The Bertz CT molecular complexity index is 1240. The van der Waals surface area contributed by atoms with Crippen LogP contribution in [0.5, 0.6) is 5.75 Å². The van der Waals surface area contributed by atoms with Crippen LogP contribution in [0, 0.1) is 5.92 Å². The molecule has 0 saturated carbocycles. The van der Waals surface area contributed by atoms with Crippen molar-refractivity contribution >= 4 is 40.1 Å². The van der Waals surface area contributed by atoms with Crippen molar-refractivity contribution in [2.24, 2.45) is 16.0 Å². The Labute approximate surface area is 217 Å². The van der Waals surface area contributed by atoms with Crippen LogP contribution in [0.2, 0.25) is 0 Å². The molecule has 2 amide bonds. The van der Waals surface area contributed by atoms with Gasteiger partial charge < -0.3 is 9.64 Å². The lowest BCUT2D eigenvalue weighted by Gasteiger charge is -2.35. The van der Waals surface area contributed by atoms with Gasteiger partial charge in [0.1, 0.15) is 11.6 Å². The highest BCUT2D eigenvalue weighted by atomic mass is 32.2. The van der Waals surface area contributed by atoms with E-state index in [1.165, 1.54) is 5.56 Å². The van der Waals surface area contributed by atoms with Crippen molar-refractivity contribution in [3.63, 3.8) is 0 Å². The van der Waals surface area contributed by atoms with E-state index in [0.29, 0.717) is 6.54 Å². The molecule has 190 valence electrons. The average molecular weight is 507 g/mol. The molecular formula is C28H34N4O3S. The molecule has 0 atom stereocenters. The van der Waals surface area contributed by atoms with Crippen LogP contribution in [0.4, 0.5) is 10.5 Å². The molecule has 36 heavy (non-hydrogen) atoms. The van der Waals surface area contributed by atoms with Crippen LogP contribution in [-0.2, 0) is 11.2 Å². The van der Waals surface area contributed by atoms with Gasteiger partial charge in [0.15, 0.2) is 0 Å². The van der Waals surface area contributed by atoms with Crippen molar-refractivity contribution in [2.45, 2.75) is 52.2 Å². The van der Waals surface area contributed by atoms with Crippen LogP contribution in [0.3, 0.4) is 0 Å². The minimum Gasteiger partial charge on any atom is -0.497 e. The lowest BCUT2D eigenvalue weighted by atomic mass is 9.93. The molecule has 0 unspecified atom stereocenters. The van der Waals surface area contributed by atoms with E-state index in [-0.39, 0.29) is 17.1 Å². The summed E-state index contributed by atoms with van der Waals surface area (Å²) < 4.78 is 4.90. The number of fused-ring (bicyclic) bond motifs is 1. The van der Waals surface area contributed by atoms with Gasteiger partial charge >= 0.3 is 5.24 Å². The molecule has 2 aromatic rings. The maximum Gasteiger partial charge on any atom is 0.310 e. The van der Waals surface area contributed by atoms with E-state index >= 15 is 0 Å². The number of methoxy groups -OCH3 is 1. The molecule has 8 heteroatoms. The van der Waals surface area contributed by atoms with Crippen molar-refractivity contribution in [2.75, 3.05) is 25.1 Å². The van der Waals surface area contributed by atoms with E-state index in [1.54, 1.807) is 21.0 Å². The second-order valence-electron chi connectivity index (χ2n) is 9.76. The third-order valence-electron chi connectivity index (χ3n) is 6.35. The number of aryl methyl sites for hydroxylation is 1. The van der Waals surface area contributed by atoms with Gasteiger partial charge in [0.25, 0.3) is 5.91 Å². The van der Waals surface area contributed by atoms with E-state index in [1.807, 2.05) is 45.0 Å². The molecule has 0 aliphatic carbocycles. The number of hydrazone groups is 1. The summed E-state index contributed by atoms with van der Waals surface area (Å²) in [4.78, 5) is 32.4. The van der Waals surface area contributed by atoms with Crippen LogP contribution < -0.4 is 9.64 Å². The van der Waals surface area contributed by atoms with Crippen LogP contribution in [0.15, 0.2) is 52.6 Å². The molecule has 0 radical (unpaired) electrons. The predicted molar refractivity (Wildman–Crippen MR) is 147 cm³/mol. The number of carbonyl (C=O) groups is 2. The zero-order chi connectivity index (χ0) is 26.0. The quantitative estimate of drug-likeness (QED) is 0.381.